The molecule has 1 aromatic carbocycles. The van der Waals surface area contributed by atoms with E-state index in [1.165, 1.54) is 4.90 Å². The first-order chi connectivity index (χ1) is 15.2. The number of carbonyl (C=O) groups excluding carboxylic acids is 1. The molecule has 4 fully saturated rings. The van der Waals surface area contributed by atoms with E-state index < -0.39 is 51.4 Å². The number of carbonyl (C=O) groups is 1. The number of nitrogens with zero attached hydrogens (tertiary/aromatic N) is 1. The number of fused-ring (bicyclic) bond motifs is 7. The maximum atomic E-state index is 14.3. The van der Waals surface area contributed by atoms with Gasteiger partial charge in [0.25, 0.3) is 0 Å². The number of ether oxygens (including phenoxy) is 1. The molecule has 5 aliphatic rings. The summed E-state index contributed by atoms with van der Waals surface area (Å²) in [6, 6.07) is 9.58. The van der Waals surface area contributed by atoms with Gasteiger partial charge in [-0.25, -0.2) is 0 Å². The van der Waals surface area contributed by atoms with E-state index in [0.29, 0.717) is 5.92 Å². The van der Waals surface area contributed by atoms with Crippen molar-refractivity contribution in [3.05, 3.63) is 48.0 Å². The predicted molar refractivity (Wildman–Crippen MR) is 120 cm³/mol. The van der Waals surface area contributed by atoms with E-state index in [1.807, 2.05) is 42.5 Å². The van der Waals surface area contributed by atoms with E-state index in [1.54, 1.807) is 0 Å². The third-order valence-corrected chi connectivity index (χ3v) is 11.8. The van der Waals surface area contributed by atoms with Gasteiger partial charge in [0.15, 0.2) is 4.75 Å². The molecule has 0 radical (unpaired) electrons. The summed E-state index contributed by atoms with van der Waals surface area (Å²) in [5, 5.41) is 22.3. The number of hydrogen-bond acceptors (Lipinski definition) is 5. The topological polar surface area (TPSA) is 87.1 Å². The molecular weight excluding hydrogens is 426 g/mol. The van der Waals surface area contributed by atoms with E-state index in [4.69, 9.17) is 4.74 Å². The van der Waals surface area contributed by atoms with Gasteiger partial charge in [0.2, 0.25) is 5.91 Å². The molecule has 6 rings (SSSR count). The van der Waals surface area contributed by atoms with E-state index in [9.17, 15) is 19.2 Å². The minimum atomic E-state index is -1.61. The molecule has 0 aromatic heterocycles. The van der Waals surface area contributed by atoms with Crippen molar-refractivity contribution < 1.29 is 24.0 Å². The highest BCUT2D eigenvalue weighted by Gasteiger charge is 2.75. The largest absolute Gasteiger partial charge is 0.392 e. The van der Waals surface area contributed by atoms with Crippen molar-refractivity contribution >= 4 is 16.7 Å². The first-order valence-corrected chi connectivity index (χ1v) is 13.0. The van der Waals surface area contributed by atoms with E-state index in [0.717, 1.165) is 24.8 Å². The summed E-state index contributed by atoms with van der Waals surface area (Å²) in [4.78, 5) is 15.5. The summed E-state index contributed by atoms with van der Waals surface area (Å²) < 4.78 is 19.0. The lowest BCUT2D eigenvalue weighted by atomic mass is 9.70. The molecule has 2 saturated heterocycles. The van der Waals surface area contributed by atoms with Crippen molar-refractivity contribution in [2.45, 2.75) is 68.9 Å². The van der Waals surface area contributed by atoms with Crippen molar-refractivity contribution in [3.8, 4) is 0 Å². The van der Waals surface area contributed by atoms with Gasteiger partial charge in [-0.1, -0.05) is 56.3 Å². The molecule has 1 aromatic rings. The normalized spacial score (nSPS) is 46.2. The molecular formula is C25H31NO5S. The Balaban J connectivity index is 1.38. The highest BCUT2D eigenvalue weighted by atomic mass is 32.2. The van der Waals surface area contributed by atoms with Crippen molar-refractivity contribution in [1.29, 1.82) is 0 Å². The summed E-state index contributed by atoms with van der Waals surface area (Å²) in [6.45, 7) is 4.63. The molecule has 3 aliphatic heterocycles. The van der Waals surface area contributed by atoms with Crippen molar-refractivity contribution in [2.75, 3.05) is 5.75 Å². The van der Waals surface area contributed by atoms with Gasteiger partial charge in [-0.05, 0) is 36.2 Å². The fourth-order valence-electron chi connectivity index (χ4n) is 7.60. The van der Waals surface area contributed by atoms with E-state index >= 15 is 0 Å². The minimum absolute atomic E-state index is 0.132. The number of aliphatic hydroxyl groups is 2. The van der Waals surface area contributed by atoms with Gasteiger partial charge < -0.3 is 19.8 Å². The number of amides is 1. The Bertz CT molecular complexity index is 1010. The van der Waals surface area contributed by atoms with Crippen LogP contribution in [0.4, 0.5) is 0 Å². The van der Waals surface area contributed by atoms with Crippen LogP contribution in [-0.4, -0.2) is 60.3 Å². The average molecular weight is 458 g/mol. The molecule has 1 amide bonds. The van der Waals surface area contributed by atoms with Crippen LogP contribution in [0.25, 0.3) is 0 Å². The van der Waals surface area contributed by atoms with Gasteiger partial charge in [0, 0.05) is 28.5 Å². The van der Waals surface area contributed by atoms with Crippen LogP contribution < -0.4 is 0 Å². The summed E-state index contributed by atoms with van der Waals surface area (Å²) in [7, 11) is -1.61. The molecule has 3 heterocycles. The third-order valence-electron chi connectivity index (χ3n) is 9.64. The number of rotatable bonds is 5. The van der Waals surface area contributed by atoms with Crippen LogP contribution >= 0.6 is 0 Å². The highest BCUT2D eigenvalue weighted by Crippen LogP contribution is 2.67. The Morgan fingerprint density at radius 2 is 1.94 bits per heavy atom. The smallest absolute Gasteiger partial charge is 0.247 e. The van der Waals surface area contributed by atoms with Gasteiger partial charge in [-0.2, -0.15) is 0 Å². The zero-order chi connectivity index (χ0) is 22.5. The van der Waals surface area contributed by atoms with Crippen LogP contribution in [0.3, 0.4) is 0 Å². The lowest BCUT2D eigenvalue weighted by molar-refractivity contribution is -0.138. The molecule has 7 heteroatoms. The first kappa shape index (κ1) is 21.0. The summed E-state index contributed by atoms with van der Waals surface area (Å²) >= 11 is 0. The summed E-state index contributed by atoms with van der Waals surface area (Å²) in [6.07, 6.45) is 3.75. The zero-order valence-corrected chi connectivity index (χ0v) is 19.3. The average Bonchev–Trinajstić information content (AvgIpc) is 3.52. The van der Waals surface area contributed by atoms with Gasteiger partial charge >= 0.3 is 0 Å². The van der Waals surface area contributed by atoms with Gasteiger partial charge in [0.1, 0.15) is 12.3 Å². The van der Waals surface area contributed by atoms with Crippen LogP contribution in [0.2, 0.25) is 0 Å². The molecule has 172 valence electrons. The monoisotopic (exact) mass is 457 g/mol. The molecule has 0 spiro atoms. The maximum Gasteiger partial charge on any atom is 0.247 e. The fourth-order valence-corrected chi connectivity index (χ4v) is 10.3. The van der Waals surface area contributed by atoms with Crippen LogP contribution in [0.15, 0.2) is 42.5 Å². The number of hydrogen-bond donors (Lipinski definition) is 2. The van der Waals surface area contributed by atoms with Crippen LogP contribution in [0.5, 0.6) is 0 Å². The van der Waals surface area contributed by atoms with Crippen LogP contribution in [0.1, 0.15) is 38.7 Å². The molecule has 32 heavy (non-hydrogen) atoms. The second-order valence-corrected chi connectivity index (χ2v) is 12.6. The Morgan fingerprint density at radius 3 is 2.59 bits per heavy atom. The minimum Gasteiger partial charge on any atom is -0.392 e. The van der Waals surface area contributed by atoms with Gasteiger partial charge in [-0.15, -0.1) is 0 Å². The second kappa shape index (κ2) is 6.75. The Morgan fingerprint density at radius 1 is 1.19 bits per heavy atom. The Labute approximate surface area is 191 Å². The Kier molecular flexibility index (Phi) is 4.43. The predicted octanol–water partition coefficient (Wildman–Crippen LogP) is 1.98. The number of likely N-dealkylation sites (tertiary alicyclic amines) is 1. The molecule has 4 bridgehead atoms. The van der Waals surface area contributed by atoms with E-state index in [2.05, 4.69) is 13.8 Å². The van der Waals surface area contributed by atoms with E-state index in [-0.39, 0.29) is 23.6 Å². The van der Waals surface area contributed by atoms with Crippen LogP contribution in [-0.2, 0) is 26.9 Å². The lowest BCUT2D eigenvalue weighted by Gasteiger charge is -2.43. The first-order valence-electron chi connectivity index (χ1n) is 11.7. The van der Waals surface area contributed by atoms with Crippen molar-refractivity contribution in [3.63, 3.8) is 0 Å². The van der Waals surface area contributed by atoms with Crippen molar-refractivity contribution in [2.24, 2.45) is 22.7 Å². The number of benzene rings is 1. The Hall–Kier alpha value is -1.54. The standard InChI is InChI=1S/C25H31NO5S/c1-23(2)16-10-11-24(23,18(27)12-16)14-32(30)25-19-9-8-17(31-19)20(25)21(28)26(22(25)29)13-15-6-4-3-5-7-15/h3-9,16-21,27-28H,10-14H2,1-2H3/t16-,17?,18-,19?,20+,21+,24-,25-,32?/m1/s1. The van der Waals surface area contributed by atoms with Crippen LogP contribution in [0, 0.1) is 22.7 Å². The van der Waals surface area contributed by atoms with Crippen molar-refractivity contribution in [1.82, 2.24) is 4.90 Å². The fraction of sp³-hybridized carbons (Fsp3) is 0.640. The lowest BCUT2D eigenvalue weighted by Crippen LogP contribution is -2.57. The zero-order valence-electron chi connectivity index (χ0n) is 18.5. The molecule has 2 saturated carbocycles. The SMILES string of the molecule is CC1(C)[C@@H]2CC[C@@]1(CS(=O)[C@@]13C(=O)N(Cc4ccccc4)[C@@H](O)[C@@H]1C1C=CC3O1)[C@H](O)C2. The second-order valence-electron chi connectivity index (χ2n) is 10.9. The third kappa shape index (κ3) is 2.36. The summed E-state index contributed by atoms with van der Waals surface area (Å²) in [5.74, 6) is -0.167. The number of aliphatic hydroxyl groups excluding tert-OH is 2. The van der Waals surface area contributed by atoms with Gasteiger partial charge in [-0.3, -0.25) is 9.00 Å². The quantitative estimate of drug-likeness (QED) is 0.661. The molecule has 9 atom stereocenters. The molecule has 6 nitrogen and oxygen atoms in total. The molecule has 2 N–H and O–H groups in total. The van der Waals surface area contributed by atoms with Gasteiger partial charge in [0.05, 0.1) is 18.1 Å². The summed E-state index contributed by atoms with van der Waals surface area (Å²) in [5.41, 5.74) is 0.324. The molecule has 2 aliphatic carbocycles. The molecule has 3 unspecified atom stereocenters. The highest BCUT2D eigenvalue weighted by molar-refractivity contribution is 7.87. The maximum absolute atomic E-state index is 14.3.